The summed E-state index contributed by atoms with van der Waals surface area (Å²) in [5.41, 5.74) is 3.71. The average molecular weight is 352 g/mol. The van der Waals surface area contributed by atoms with Gasteiger partial charge in [-0.1, -0.05) is 49.4 Å². The Kier molecular flexibility index (Phi) is 4.49. The monoisotopic (exact) mass is 352 g/mol. The van der Waals surface area contributed by atoms with E-state index in [-0.39, 0.29) is 11.9 Å². The van der Waals surface area contributed by atoms with Gasteiger partial charge in [0.25, 0.3) is 0 Å². The Morgan fingerprint density at radius 1 is 1.28 bits per heavy atom. The number of ether oxygens (including phenoxy) is 1. The topological polar surface area (TPSA) is 55.0 Å². The summed E-state index contributed by atoms with van der Waals surface area (Å²) >= 11 is 1.83. The molecule has 1 aliphatic rings. The molecule has 0 saturated heterocycles. The van der Waals surface area contributed by atoms with Crippen molar-refractivity contribution in [1.29, 1.82) is 0 Å². The summed E-state index contributed by atoms with van der Waals surface area (Å²) in [5, 5.41) is 9.58. The van der Waals surface area contributed by atoms with Crippen LogP contribution in [-0.2, 0) is 16.9 Å². The van der Waals surface area contributed by atoms with Crippen LogP contribution in [0.25, 0.3) is 10.8 Å². The van der Waals surface area contributed by atoms with Gasteiger partial charge in [0.05, 0.1) is 6.61 Å². The quantitative estimate of drug-likeness (QED) is 0.711. The number of carbonyl (C=O) groups is 1. The van der Waals surface area contributed by atoms with Gasteiger partial charge in [-0.2, -0.15) is 16.9 Å². The van der Waals surface area contributed by atoms with Gasteiger partial charge in [0, 0.05) is 22.9 Å². The second-order valence-electron chi connectivity index (χ2n) is 6.44. The molecule has 1 aromatic heterocycles. The lowest BCUT2D eigenvalue weighted by atomic mass is 9.98. The Morgan fingerprint density at radius 2 is 2.12 bits per heavy atom. The zero-order valence-corrected chi connectivity index (χ0v) is 14.9. The molecule has 0 radical (unpaired) electrons. The normalized spacial score (nSPS) is 14.9. The van der Waals surface area contributed by atoms with Crippen LogP contribution in [0.2, 0.25) is 0 Å². The highest BCUT2D eigenvalue weighted by molar-refractivity contribution is 7.98. The second-order valence-corrected chi connectivity index (χ2v) is 7.54. The van der Waals surface area contributed by atoms with Crippen molar-refractivity contribution in [3.05, 3.63) is 65.0 Å². The lowest BCUT2D eigenvalue weighted by Crippen LogP contribution is -2.14. The summed E-state index contributed by atoms with van der Waals surface area (Å²) in [6.45, 7) is 2.43. The SMILES string of the molecule is CC(COC(=O)c1n[nH]c2c1CSCC2)c1ccc2ccccc2c1. The van der Waals surface area contributed by atoms with E-state index in [0.29, 0.717) is 12.3 Å². The fourth-order valence-electron chi connectivity index (χ4n) is 3.16. The third-order valence-electron chi connectivity index (χ3n) is 4.70. The molecule has 5 heteroatoms. The van der Waals surface area contributed by atoms with E-state index in [1.165, 1.54) is 16.3 Å². The molecular weight excluding hydrogens is 332 g/mol. The molecule has 25 heavy (non-hydrogen) atoms. The van der Waals surface area contributed by atoms with Crippen LogP contribution >= 0.6 is 11.8 Å². The fourth-order valence-corrected chi connectivity index (χ4v) is 4.17. The Labute approximate surface area is 151 Å². The van der Waals surface area contributed by atoms with Crippen molar-refractivity contribution in [3.63, 3.8) is 0 Å². The van der Waals surface area contributed by atoms with Crippen LogP contribution in [0.1, 0.15) is 40.2 Å². The van der Waals surface area contributed by atoms with Gasteiger partial charge in [-0.25, -0.2) is 4.79 Å². The summed E-state index contributed by atoms with van der Waals surface area (Å²) in [6, 6.07) is 14.7. The van der Waals surface area contributed by atoms with Gasteiger partial charge in [-0.05, 0) is 28.5 Å². The van der Waals surface area contributed by atoms with Crippen molar-refractivity contribution in [3.8, 4) is 0 Å². The van der Waals surface area contributed by atoms with Crippen LogP contribution in [0, 0.1) is 0 Å². The van der Waals surface area contributed by atoms with E-state index in [0.717, 1.165) is 29.2 Å². The maximum absolute atomic E-state index is 12.4. The van der Waals surface area contributed by atoms with Gasteiger partial charge >= 0.3 is 5.97 Å². The number of thioether (sulfide) groups is 1. The van der Waals surface area contributed by atoms with Crippen molar-refractivity contribution in [2.75, 3.05) is 12.4 Å². The Bertz CT molecular complexity index is 919. The molecule has 3 aromatic rings. The van der Waals surface area contributed by atoms with Crippen LogP contribution in [-0.4, -0.2) is 28.5 Å². The molecule has 1 aliphatic heterocycles. The molecule has 0 aliphatic carbocycles. The first-order valence-corrected chi connectivity index (χ1v) is 9.67. The second kappa shape index (κ2) is 6.92. The molecule has 2 aromatic carbocycles. The van der Waals surface area contributed by atoms with E-state index < -0.39 is 0 Å². The largest absolute Gasteiger partial charge is 0.460 e. The smallest absolute Gasteiger partial charge is 0.359 e. The Hall–Kier alpha value is -2.27. The maximum atomic E-state index is 12.4. The minimum absolute atomic E-state index is 0.137. The van der Waals surface area contributed by atoms with E-state index in [9.17, 15) is 4.79 Å². The first-order valence-electron chi connectivity index (χ1n) is 8.52. The molecule has 0 spiro atoms. The molecule has 2 heterocycles. The number of rotatable bonds is 4. The first kappa shape index (κ1) is 16.2. The number of nitrogens with one attached hydrogen (secondary N) is 1. The molecule has 4 rings (SSSR count). The molecule has 0 saturated carbocycles. The van der Waals surface area contributed by atoms with Gasteiger partial charge in [0.2, 0.25) is 0 Å². The zero-order valence-electron chi connectivity index (χ0n) is 14.1. The van der Waals surface area contributed by atoms with Crippen LogP contribution in [0.3, 0.4) is 0 Å². The average Bonchev–Trinajstić information content (AvgIpc) is 3.09. The van der Waals surface area contributed by atoms with Crippen molar-refractivity contribution in [2.45, 2.75) is 25.0 Å². The number of aromatic nitrogens is 2. The third kappa shape index (κ3) is 3.29. The third-order valence-corrected chi connectivity index (χ3v) is 5.68. The predicted molar refractivity (Wildman–Crippen MR) is 101 cm³/mol. The molecule has 0 fully saturated rings. The molecule has 4 nitrogen and oxygen atoms in total. The highest BCUT2D eigenvalue weighted by Gasteiger charge is 2.23. The number of hydrogen-bond donors (Lipinski definition) is 1. The van der Waals surface area contributed by atoms with E-state index >= 15 is 0 Å². The lowest BCUT2D eigenvalue weighted by molar-refractivity contribution is 0.0477. The Morgan fingerprint density at radius 3 is 3.00 bits per heavy atom. The number of aromatic amines is 1. The number of fused-ring (bicyclic) bond motifs is 2. The number of carbonyl (C=O) groups excluding carboxylic acids is 1. The fraction of sp³-hybridized carbons (Fsp3) is 0.300. The van der Waals surface area contributed by atoms with Crippen LogP contribution in [0.5, 0.6) is 0 Å². The molecule has 128 valence electrons. The van der Waals surface area contributed by atoms with Gasteiger partial charge in [-0.3, -0.25) is 5.10 Å². The number of benzene rings is 2. The number of hydrogen-bond acceptors (Lipinski definition) is 4. The number of H-pyrrole nitrogens is 1. The van der Waals surface area contributed by atoms with Crippen molar-refractivity contribution < 1.29 is 9.53 Å². The van der Waals surface area contributed by atoms with Crippen LogP contribution < -0.4 is 0 Å². The molecule has 1 atom stereocenters. The van der Waals surface area contributed by atoms with E-state index in [1.54, 1.807) is 0 Å². The van der Waals surface area contributed by atoms with Crippen LogP contribution in [0.15, 0.2) is 42.5 Å². The lowest BCUT2D eigenvalue weighted by Gasteiger charge is -2.14. The molecule has 1 N–H and O–H groups in total. The molecular formula is C20H20N2O2S. The summed E-state index contributed by atoms with van der Waals surface area (Å²) in [5.74, 6) is 1.71. The van der Waals surface area contributed by atoms with Gasteiger partial charge in [0.15, 0.2) is 5.69 Å². The summed E-state index contributed by atoms with van der Waals surface area (Å²) in [6.07, 6.45) is 0.938. The van der Waals surface area contributed by atoms with Crippen molar-refractivity contribution in [1.82, 2.24) is 10.2 Å². The molecule has 1 unspecified atom stereocenters. The standard InChI is InChI=1S/C20H20N2O2S/c1-13(15-7-6-14-4-2-3-5-16(14)10-15)11-24-20(23)19-17-12-25-9-8-18(17)21-22-19/h2-7,10,13H,8-9,11-12H2,1H3,(H,21,22). The Balaban J connectivity index is 1.44. The van der Waals surface area contributed by atoms with E-state index in [1.807, 2.05) is 23.9 Å². The van der Waals surface area contributed by atoms with E-state index in [2.05, 4.69) is 47.5 Å². The minimum Gasteiger partial charge on any atom is -0.460 e. The summed E-state index contributed by atoms with van der Waals surface area (Å²) < 4.78 is 5.55. The number of aryl methyl sites for hydroxylation is 1. The number of nitrogens with zero attached hydrogens (tertiary/aromatic N) is 1. The maximum Gasteiger partial charge on any atom is 0.359 e. The highest BCUT2D eigenvalue weighted by atomic mass is 32.2. The van der Waals surface area contributed by atoms with Gasteiger partial charge < -0.3 is 4.74 Å². The van der Waals surface area contributed by atoms with Gasteiger partial charge in [0.1, 0.15) is 0 Å². The van der Waals surface area contributed by atoms with Crippen molar-refractivity contribution >= 4 is 28.5 Å². The van der Waals surface area contributed by atoms with Gasteiger partial charge in [-0.15, -0.1) is 0 Å². The van der Waals surface area contributed by atoms with Crippen molar-refractivity contribution in [2.24, 2.45) is 0 Å². The predicted octanol–water partition coefficient (Wildman–Crippen LogP) is 4.31. The summed E-state index contributed by atoms with van der Waals surface area (Å²) in [7, 11) is 0. The first-order chi connectivity index (χ1) is 12.2. The number of esters is 1. The molecule has 0 bridgehead atoms. The highest BCUT2D eigenvalue weighted by Crippen LogP contribution is 2.27. The minimum atomic E-state index is -0.326. The summed E-state index contributed by atoms with van der Waals surface area (Å²) in [4.78, 5) is 12.4. The van der Waals surface area contributed by atoms with E-state index in [4.69, 9.17) is 4.74 Å². The van der Waals surface area contributed by atoms with Crippen LogP contribution in [0.4, 0.5) is 0 Å². The molecule has 0 amide bonds. The zero-order chi connectivity index (χ0) is 17.2.